The minimum atomic E-state index is 0.211. The molecule has 0 bridgehead atoms. The van der Waals surface area contributed by atoms with Gasteiger partial charge >= 0.3 is 0 Å². The van der Waals surface area contributed by atoms with E-state index in [9.17, 15) is 9.59 Å². The van der Waals surface area contributed by atoms with Gasteiger partial charge in [-0.3, -0.25) is 4.79 Å². The van der Waals surface area contributed by atoms with Gasteiger partial charge in [0.1, 0.15) is 12.1 Å². The summed E-state index contributed by atoms with van der Waals surface area (Å²) in [6.07, 6.45) is 6.44. The minimum Gasteiger partial charge on any atom is -0.300 e. The van der Waals surface area contributed by atoms with Crippen LogP contribution in [0.2, 0.25) is 0 Å². The van der Waals surface area contributed by atoms with Gasteiger partial charge in [-0.25, -0.2) is 0 Å². The van der Waals surface area contributed by atoms with Crippen molar-refractivity contribution >= 4 is 12.1 Å². The molecule has 0 fully saturated rings. The van der Waals surface area contributed by atoms with Gasteiger partial charge in [0.2, 0.25) is 0 Å². The summed E-state index contributed by atoms with van der Waals surface area (Å²) in [6.45, 7) is 1.60. The summed E-state index contributed by atoms with van der Waals surface area (Å²) >= 11 is 0. The van der Waals surface area contributed by atoms with Crippen molar-refractivity contribution < 1.29 is 9.59 Å². The van der Waals surface area contributed by atoms with Gasteiger partial charge in [-0.2, -0.15) is 0 Å². The Kier molecular flexibility index (Phi) is 3.20. The molecule has 0 aromatic heterocycles. The van der Waals surface area contributed by atoms with Gasteiger partial charge in [0.05, 0.1) is 0 Å². The maximum atomic E-state index is 10.8. The number of allylic oxidation sites excluding steroid dienone is 2. The molecule has 0 radical (unpaired) electrons. The summed E-state index contributed by atoms with van der Waals surface area (Å²) in [5.41, 5.74) is 0.868. The van der Waals surface area contributed by atoms with E-state index in [-0.39, 0.29) is 5.78 Å². The number of aldehydes is 1. The van der Waals surface area contributed by atoms with E-state index in [1.807, 2.05) is 6.08 Å². The second-order valence-corrected chi connectivity index (χ2v) is 3.42. The van der Waals surface area contributed by atoms with Crippen LogP contribution in [0.1, 0.15) is 32.6 Å². The molecule has 0 amide bonds. The number of carbonyl (C=O) groups is 2. The highest BCUT2D eigenvalue weighted by Gasteiger charge is 2.14. The van der Waals surface area contributed by atoms with Crippen LogP contribution in [-0.4, -0.2) is 12.1 Å². The zero-order chi connectivity index (χ0) is 8.97. The molecule has 0 N–H and O–H groups in total. The second kappa shape index (κ2) is 4.19. The Bertz CT molecular complexity index is 216. The molecule has 0 saturated heterocycles. The van der Waals surface area contributed by atoms with E-state index in [1.54, 1.807) is 6.92 Å². The highest BCUT2D eigenvalue weighted by molar-refractivity contribution is 5.77. The Morgan fingerprint density at radius 3 is 3.08 bits per heavy atom. The highest BCUT2D eigenvalue weighted by Crippen LogP contribution is 2.24. The van der Waals surface area contributed by atoms with Crippen LogP contribution < -0.4 is 0 Å². The average molecular weight is 166 g/mol. The molecule has 0 aromatic rings. The predicted molar refractivity (Wildman–Crippen MR) is 46.8 cm³/mol. The maximum absolute atomic E-state index is 10.8. The van der Waals surface area contributed by atoms with Gasteiger partial charge in [0, 0.05) is 6.42 Å². The first kappa shape index (κ1) is 9.17. The highest BCUT2D eigenvalue weighted by atomic mass is 16.1. The van der Waals surface area contributed by atoms with Crippen molar-refractivity contribution in [3.63, 3.8) is 0 Å². The molecule has 1 aliphatic rings. The third-order valence-electron chi connectivity index (χ3n) is 2.19. The van der Waals surface area contributed by atoms with Crippen LogP contribution in [0, 0.1) is 5.92 Å². The summed E-state index contributed by atoms with van der Waals surface area (Å²) in [7, 11) is 0. The predicted octanol–water partition coefficient (Wildman–Crippen LogP) is 1.89. The first-order valence-electron chi connectivity index (χ1n) is 4.37. The van der Waals surface area contributed by atoms with Crippen LogP contribution in [0.5, 0.6) is 0 Å². The molecule has 1 aliphatic carbocycles. The van der Waals surface area contributed by atoms with Crippen LogP contribution in [0.3, 0.4) is 0 Å². The van der Waals surface area contributed by atoms with Crippen molar-refractivity contribution in [1.29, 1.82) is 0 Å². The van der Waals surface area contributed by atoms with Gasteiger partial charge in [-0.15, -0.1) is 0 Å². The third-order valence-corrected chi connectivity index (χ3v) is 2.19. The Balaban J connectivity index is 2.54. The smallest absolute Gasteiger partial charge is 0.145 e. The van der Waals surface area contributed by atoms with Crippen molar-refractivity contribution in [3.05, 3.63) is 11.6 Å². The summed E-state index contributed by atoms with van der Waals surface area (Å²) in [5.74, 6) is 0.528. The molecule has 0 aliphatic heterocycles. The standard InChI is InChI=1S/C10H14O2/c1-8(12)5-9-3-2-4-10(6-9)7-11/h6-7,9H,2-5H2,1H3. The summed E-state index contributed by atoms with van der Waals surface area (Å²) in [4.78, 5) is 21.2. The van der Waals surface area contributed by atoms with E-state index in [2.05, 4.69) is 0 Å². The van der Waals surface area contributed by atoms with Gasteiger partial charge < -0.3 is 4.79 Å². The molecular formula is C10H14O2. The lowest BCUT2D eigenvalue weighted by atomic mass is 9.88. The van der Waals surface area contributed by atoms with Gasteiger partial charge in [-0.05, 0) is 37.7 Å². The quantitative estimate of drug-likeness (QED) is 0.600. The molecule has 0 heterocycles. The topological polar surface area (TPSA) is 34.1 Å². The van der Waals surface area contributed by atoms with Crippen molar-refractivity contribution in [1.82, 2.24) is 0 Å². The van der Waals surface area contributed by atoms with Crippen LogP contribution in [-0.2, 0) is 9.59 Å². The van der Waals surface area contributed by atoms with Crippen molar-refractivity contribution in [2.24, 2.45) is 5.92 Å². The molecule has 66 valence electrons. The van der Waals surface area contributed by atoms with Crippen molar-refractivity contribution in [3.8, 4) is 0 Å². The summed E-state index contributed by atoms with van der Waals surface area (Å²) < 4.78 is 0. The molecule has 0 aromatic carbocycles. The molecule has 2 nitrogen and oxygen atoms in total. The molecule has 0 spiro atoms. The number of ketones is 1. The third kappa shape index (κ3) is 2.61. The van der Waals surface area contributed by atoms with Gasteiger partial charge in [-0.1, -0.05) is 6.08 Å². The molecule has 12 heavy (non-hydrogen) atoms. The Morgan fingerprint density at radius 1 is 1.75 bits per heavy atom. The maximum Gasteiger partial charge on any atom is 0.145 e. The van der Waals surface area contributed by atoms with E-state index in [4.69, 9.17) is 0 Å². The van der Waals surface area contributed by atoms with Gasteiger partial charge in [0.25, 0.3) is 0 Å². The van der Waals surface area contributed by atoms with Crippen LogP contribution in [0.25, 0.3) is 0 Å². The first-order valence-corrected chi connectivity index (χ1v) is 4.37. The van der Waals surface area contributed by atoms with E-state index in [0.717, 1.165) is 31.1 Å². The fourth-order valence-corrected chi connectivity index (χ4v) is 1.67. The fraction of sp³-hybridized carbons (Fsp3) is 0.600. The minimum absolute atomic E-state index is 0.211. The van der Waals surface area contributed by atoms with Crippen LogP contribution in [0.4, 0.5) is 0 Å². The Morgan fingerprint density at radius 2 is 2.50 bits per heavy atom. The Hall–Kier alpha value is -0.920. The fourth-order valence-electron chi connectivity index (χ4n) is 1.67. The number of hydrogen-bond donors (Lipinski definition) is 0. The molecule has 0 saturated carbocycles. The molecular weight excluding hydrogens is 152 g/mol. The van der Waals surface area contributed by atoms with Gasteiger partial charge in [0.15, 0.2) is 0 Å². The lowest BCUT2D eigenvalue weighted by Crippen LogP contribution is -2.08. The summed E-state index contributed by atoms with van der Waals surface area (Å²) in [5, 5.41) is 0. The number of hydrogen-bond acceptors (Lipinski definition) is 2. The second-order valence-electron chi connectivity index (χ2n) is 3.42. The molecule has 1 atom stereocenters. The first-order chi connectivity index (χ1) is 5.72. The lowest BCUT2D eigenvalue weighted by Gasteiger charge is -2.16. The van der Waals surface area contributed by atoms with Crippen LogP contribution >= 0.6 is 0 Å². The monoisotopic (exact) mass is 166 g/mol. The lowest BCUT2D eigenvalue weighted by molar-refractivity contribution is -0.117. The van der Waals surface area contributed by atoms with Crippen molar-refractivity contribution in [2.75, 3.05) is 0 Å². The Labute approximate surface area is 72.7 Å². The van der Waals surface area contributed by atoms with E-state index in [1.165, 1.54) is 0 Å². The SMILES string of the molecule is CC(=O)CC1C=C(C=O)CCC1. The summed E-state index contributed by atoms with van der Waals surface area (Å²) in [6, 6.07) is 0. The largest absolute Gasteiger partial charge is 0.300 e. The normalized spacial score (nSPS) is 23.1. The van der Waals surface area contributed by atoms with E-state index in [0.29, 0.717) is 12.3 Å². The zero-order valence-electron chi connectivity index (χ0n) is 7.38. The van der Waals surface area contributed by atoms with Crippen molar-refractivity contribution in [2.45, 2.75) is 32.6 Å². The van der Waals surface area contributed by atoms with E-state index >= 15 is 0 Å². The number of carbonyl (C=O) groups excluding carboxylic acids is 2. The molecule has 2 heteroatoms. The zero-order valence-corrected chi connectivity index (χ0v) is 7.38. The van der Waals surface area contributed by atoms with E-state index < -0.39 is 0 Å². The number of rotatable bonds is 3. The van der Waals surface area contributed by atoms with Crippen LogP contribution in [0.15, 0.2) is 11.6 Å². The average Bonchev–Trinajstić information content (AvgIpc) is 2.03. The number of Topliss-reactive ketones (excluding diaryl/α,β-unsaturated/α-hetero) is 1. The molecule has 1 unspecified atom stereocenters. The molecule has 1 rings (SSSR count).